The molecule has 0 saturated heterocycles. The molecule has 0 fully saturated rings. The average Bonchev–Trinajstić information content (AvgIpc) is 2.88. The normalized spacial score (nSPS) is 22.7. The summed E-state index contributed by atoms with van der Waals surface area (Å²) in [6, 6.07) is 6.34. The van der Waals surface area contributed by atoms with E-state index in [1.165, 1.54) is 11.1 Å². The Kier molecular flexibility index (Phi) is 3.68. The molecule has 22 heavy (non-hydrogen) atoms. The first kappa shape index (κ1) is 14.7. The molecule has 1 aromatic rings. The van der Waals surface area contributed by atoms with Crippen LogP contribution in [0.2, 0.25) is 0 Å². The molecule has 0 saturated carbocycles. The van der Waals surface area contributed by atoms with Crippen molar-refractivity contribution in [3.05, 3.63) is 29.3 Å². The summed E-state index contributed by atoms with van der Waals surface area (Å²) >= 11 is 0. The van der Waals surface area contributed by atoms with E-state index < -0.39 is 0 Å². The van der Waals surface area contributed by atoms with Crippen molar-refractivity contribution >= 4 is 17.7 Å². The SMILES string of the molecule is CCN(C(=O)NC)c1cccc2c1CC[C@@]1(COC(N)=N1)C2. The zero-order chi connectivity index (χ0) is 15.7. The van der Waals surface area contributed by atoms with Gasteiger partial charge in [-0.2, -0.15) is 0 Å². The third kappa shape index (κ3) is 2.38. The number of aliphatic imine (C=N–C) groups is 1. The second kappa shape index (κ2) is 5.51. The van der Waals surface area contributed by atoms with Gasteiger partial charge in [0.1, 0.15) is 12.1 Å². The van der Waals surface area contributed by atoms with E-state index >= 15 is 0 Å². The number of amides is 2. The third-order valence-electron chi connectivity index (χ3n) is 4.51. The number of benzene rings is 1. The van der Waals surface area contributed by atoms with Crippen LogP contribution in [0.3, 0.4) is 0 Å². The fraction of sp³-hybridized carbons (Fsp3) is 0.500. The maximum atomic E-state index is 12.1. The molecule has 0 bridgehead atoms. The number of carbonyl (C=O) groups excluding carboxylic acids is 1. The molecule has 0 aromatic heterocycles. The van der Waals surface area contributed by atoms with E-state index in [1.54, 1.807) is 11.9 Å². The van der Waals surface area contributed by atoms with E-state index in [0.717, 1.165) is 24.9 Å². The lowest BCUT2D eigenvalue weighted by molar-refractivity contribution is 0.235. The fourth-order valence-electron chi connectivity index (χ4n) is 3.41. The molecule has 1 atom stereocenters. The Balaban J connectivity index is 1.95. The highest BCUT2D eigenvalue weighted by Gasteiger charge is 2.40. The van der Waals surface area contributed by atoms with E-state index in [-0.39, 0.29) is 11.6 Å². The summed E-state index contributed by atoms with van der Waals surface area (Å²) in [6.07, 6.45) is 2.57. The Morgan fingerprint density at radius 2 is 2.36 bits per heavy atom. The summed E-state index contributed by atoms with van der Waals surface area (Å²) in [6.45, 7) is 3.17. The summed E-state index contributed by atoms with van der Waals surface area (Å²) < 4.78 is 5.37. The summed E-state index contributed by atoms with van der Waals surface area (Å²) in [5.41, 5.74) is 8.92. The first-order chi connectivity index (χ1) is 10.6. The summed E-state index contributed by atoms with van der Waals surface area (Å²) in [5.74, 6) is 0. The van der Waals surface area contributed by atoms with Gasteiger partial charge in [-0.25, -0.2) is 9.79 Å². The highest BCUT2D eigenvalue weighted by Crippen LogP contribution is 2.38. The molecule has 0 unspecified atom stereocenters. The van der Waals surface area contributed by atoms with Crippen molar-refractivity contribution in [2.24, 2.45) is 10.7 Å². The minimum atomic E-state index is -0.222. The van der Waals surface area contributed by atoms with Crippen molar-refractivity contribution in [2.75, 3.05) is 25.1 Å². The Morgan fingerprint density at radius 3 is 3.00 bits per heavy atom. The van der Waals surface area contributed by atoms with Gasteiger partial charge in [0, 0.05) is 25.7 Å². The van der Waals surface area contributed by atoms with Gasteiger partial charge in [0.2, 0.25) is 0 Å². The molecule has 6 nitrogen and oxygen atoms in total. The highest BCUT2D eigenvalue weighted by atomic mass is 16.5. The molecular formula is C16H22N4O2. The van der Waals surface area contributed by atoms with Crippen LogP contribution in [0.15, 0.2) is 23.2 Å². The molecule has 1 aliphatic heterocycles. The predicted octanol–water partition coefficient (Wildman–Crippen LogP) is 1.42. The summed E-state index contributed by atoms with van der Waals surface area (Å²) in [7, 11) is 1.66. The lowest BCUT2D eigenvalue weighted by atomic mass is 9.78. The summed E-state index contributed by atoms with van der Waals surface area (Å²) in [4.78, 5) is 18.4. The number of rotatable bonds is 2. The van der Waals surface area contributed by atoms with Crippen LogP contribution in [-0.2, 0) is 17.6 Å². The number of nitrogens with zero attached hydrogens (tertiary/aromatic N) is 2. The first-order valence-electron chi connectivity index (χ1n) is 7.67. The Labute approximate surface area is 130 Å². The minimum Gasteiger partial charge on any atom is -0.463 e. The first-order valence-corrected chi connectivity index (χ1v) is 7.67. The molecule has 2 aliphatic rings. The number of ether oxygens (including phenoxy) is 1. The van der Waals surface area contributed by atoms with Crippen LogP contribution in [0.5, 0.6) is 0 Å². The molecule has 2 amide bonds. The predicted molar refractivity (Wildman–Crippen MR) is 86.2 cm³/mol. The Hall–Kier alpha value is -2.24. The number of hydrogen-bond donors (Lipinski definition) is 2. The van der Waals surface area contributed by atoms with E-state index in [2.05, 4.69) is 16.4 Å². The smallest absolute Gasteiger partial charge is 0.321 e. The van der Waals surface area contributed by atoms with Gasteiger partial charge in [0.15, 0.2) is 0 Å². The molecule has 1 aromatic carbocycles. The molecular weight excluding hydrogens is 280 g/mol. The van der Waals surface area contributed by atoms with E-state index in [0.29, 0.717) is 19.2 Å². The fourth-order valence-corrected chi connectivity index (χ4v) is 3.41. The van der Waals surface area contributed by atoms with Crippen molar-refractivity contribution < 1.29 is 9.53 Å². The quantitative estimate of drug-likeness (QED) is 0.867. The van der Waals surface area contributed by atoms with E-state index in [9.17, 15) is 4.79 Å². The summed E-state index contributed by atoms with van der Waals surface area (Å²) in [5, 5.41) is 2.70. The zero-order valence-electron chi connectivity index (χ0n) is 13.1. The van der Waals surface area contributed by atoms with Crippen LogP contribution in [0, 0.1) is 0 Å². The molecule has 1 aliphatic carbocycles. The number of anilines is 1. The molecule has 118 valence electrons. The largest absolute Gasteiger partial charge is 0.463 e. The number of carbonyl (C=O) groups is 1. The van der Waals surface area contributed by atoms with Crippen molar-refractivity contribution in [1.29, 1.82) is 0 Å². The number of amidine groups is 1. The van der Waals surface area contributed by atoms with E-state index in [4.69, 9.17) is 10.5 Å². The maximum Gasteiger partial charge on any atom is 0.321 e. The van der Waals surface area contributed by atoms with Gasteiger partial charge in [-0.15, -0.1) is 0 Å². The molecule has 0 radical (unpaired) electrons. The van der Waals surface area contributed by atoms with E-state index in [1.807, 2.05) is 19.1 Å². The number of nitrogens with one attached hydrogen (secondary N) is 1. The third-order valence-corrected chi connectivity index (χ3v) is 4.51. The number of nitrogens with two attached hydrogens (primary N) is 1. The van der Waals surface area contributed by atoms with Crippen LogP contribution in [-0.4, -0.2) is 37.8 Å². The number of hydrogen-bond acceptors (Lipinski definition) is 4. The second-order valence-electron chi connectivity index (χ2n) is 5.85. The molecule has 1 spiro atoms. The monoisotopic (exact) mass is 302 g/mol. The number of urea groups is 1. The van der Waals surface area contributed by atoms with Gasteiger partial charge in [0.05, 0.1) is 0 Å². The lowest BCUT2D eigenvalue weighted by Crippen LogP contribution is -2.40. The van der Waals surface area contributed by atoms with Crippen LogP contribution < -0.4 is 16.0 Å². The van der Waals surface area contributed by atoms with Crippen LogP contribution >= 0.6 is 0 Å². The van der Waals surface area contributed by atoms with Crippen LogP contribution in [0.1, 0.15) is 24.5 Å². The van der Waals surface area contributed by atoms with Crippen molar-refractivity contribution in [3.63, 3.8) is 0 Å². The Morgan fingerprint density at radius 1 is 1.55 bits per heavy atom. The molecule has 1 heterocycles. The van der Waals surface area contributed by atoms with Crippen molar-refractivity contribution in [3.8, 4) is 0 Å². The topological polar surface area (TPSA) is 80.0 Å². The van der Waals surface area contributed by atoms with Gasteiger partial charge >= 0.3 is 6.03 Å². The average molecular weight is 302 g/mol. The van der Waals surface area contributed by atoms with Gasteiger partial charge in [0.25, 0.3) is 6.02 Å². The van der Waals surface area contributed by atoms with Gasteiger partial charge < -0.3 is 15.8 Å². The Bertz CT molecular complexity index is 629. The number of fused-ring (bicyclic) bond motifs is 1. The van der Waals surface area contributed by atoms with Crippen LogP contribution in [0.25, 0.3) is 0 Å². The standard InChI is InChI=1S/C16H22N4O2/c1-3-20(15(21)18-2)13-6-4-5-11-9-16(8-7-12(11)13)10-22-14(17)19-16/h4-6H,3,7-10H2,1-2H3,(H2,17,19)(H,18,21)/t16-/m0/s1. The molecule has 3 N–H and O–H groups in total. The van der Waals surface area contributed by atoms with Crippen molar-refractivity contribution in [2.45, 2.75) is 31.7 Å². The van der Waals surface area contributed by atoms with Gasteiger partial charge in [-0.05, 0) is 37.0 Å². The second-order valence-corrected chi connectivity index (χ2v) is 5.85. The minimum absolute atomic E-state index is 0.0809. The van der Waals surface area contributed by atoms with Crippen LogP contribution in [0.4, 0.5) is 10.5 Å². The highest BCUT2D eigenvalue weighted by molar-refractivity contribution is 5.92. The zero-order valence-corrected chi connectivity index (χ0v) is 13.1. The van der Waals surface area contributed by atoms with Gasteiger partial charge in [-0.1, -0.05) is 12.1 Å². The molecule has 6 heteroatoms. The molecule has 3 rings (SSSR count). The van der Waals surface area contributed by atoms with Gasteiger partial charge in [-0.3, -0.25) is 4.90 Å². The van der Waals surface area contributed by atoms with Crippen molar-refractivity contribution in [1.82, 2.24) is 5.32 Å². The maximum absolute atomic E-state index is 12.1. The lowest BCUT2D eigenvalue weighted by Gasteiger charge is -2.33.